The van der Waals surface area contributed by atoms with E-state index in [0.717, 1.165) is 37.8 Å². The topological polar surface area (TPSA) is 91.5 Å². The van der Waals surface area contributed by atoms with E-state index < -0.39 is 0 Å². The van der Waals surface area contributed by atoms with Crippen LogP contribution in [0.4, 0.5) is 4.79 Å². The third-order valence-corrected chi connectivity index (χ3v) is 4.77. The molecule has 2 amide bonds. The molecule has 2 heterocycles. The maximum absolute atomic E-state index is 12.6. The van der Waals surface area contributed by atoms with Gasteiger partial charge in [-0.05, 0) is 57.2 Å². The SMILES string of the molecule is Cc1noc([C@@H]2CCCN(C(=O)N[C@@H](C)CCc3ccc(O)cc3)C2)n1. The van der Waals surface area contributed by atoms with E-state index in [9.17, 15) is 9.90 Å². The fourth-order valence-corrected chi connectivity index (χ4v) is 3.26. The molecule has 3 rings (SSSR count). The fraction of sp³-hybridized carbons (Fsp3) is 0.526. The van der Waals surface area contributed by atoms with Crippen molar-refractivity contribution >= 4 is 6.03 Å². The van der Waals surface area contributed by atoms with Crippen molar-refractivity contribution < 1.29 is 14.4 Å². The molecule has 0 aliphatic carbocycles. The van der Waals surface area contributed by atoms with Gasteiger partial charge in [-0.15, -0.1) is 0 Å². The molecule has 0 unspecified atom stereocenters. The third-order valence-electron chi connectivity index (χ3n) is 4.77. The molecule has 7 nitrogen and oxygen atoms in total. The number of phenols is 1. The van der Waals surface area contributed by atoms with Gasteiger partial charge >= 0.3 is 6.03 Å². The number of carbonyl (C=O) groups excluding carboxylic acids is 1. The maximum Gasteiger partial charge on any atom is 0.317 e. The molecule has 0 bridgehead atoms. The quantitative estimate of drug-likeness (QED) is 0.857. The number of likely N-dealkylation sites (tertiary alicyclic amines) is 1. The van der Waals surface area contributed by atoms with E-state index in [-0.39, 0.29) is 23.7 Å². The molecule has 2 N–H and O–H groups in total. The second kappa shape index (κ2) is 8.21. The number of benzene rings is 1. The highest BCUT2D eigenvalue weighted by Gasteiger charge is 2.28. The van der Waals surface area contributed by atoms with Gasteiger partial charge in [0.25, 0.3) is 0 Å². The molecule has 2 atom stereocenters. The average Bonchev–Trinajstić information content (AvgIpc) is 3.08. The summed E-state index contributed by atoms with van der Waals surface area (Å²) in [6.45, 7) is 5.18. The van der Waals surface area contributed by atoms with Crippen LogP contribution in [-0.2, 0) is 6.42 Å². The monoisotopic (exact) mass is 358 g/mol. The maximum atomic E-state index is 12.6. The number of aromatic hydroxyl groups is 1. The Labute approximate surface area is 153 Å². The normalized spacial score (nSPS) is 18.5. The second-order valence-corrected chi connectivity index (χ2v) is 7.02. The molecule has 0 saturated carbocycles. The summed E-state index contributed by atoms with van der Waals surface area (Å²) in [7, 11) is 0. The largest absolute Gasteiger partial charge is 0.508 e. The van der Waals surface area contributed by atoms with Gasteiger partial charge in [-0.25, -0.2) is 4.79 Å². The van der Waals surface area contributed by atoms with Gasteiger partial charge in [0.05, 0.1) is 5.92 Å². The van der Waals surface area contributed by atoms with Crippen LogP contribution in [0.3, 0.4) is 0 Å². The van der Waals surface area contributed by atoms with Crippen LogP contribution < -0.4 is 5.32 Å². The number of carbonyl (C=O) groups is 1. The molecule has 1 aromatic heterocycles. The zero-order valence-electron chi connectivity index (χ0n) is 15.3. The fourth-order valence-electron chi connectivity index (χ4n) is 3.26. The summed E-state index contributed by atoms with van der Waals surface area (Å²) in [6, 6.07) is 7.22. The van der Waals surface area contributed by atoms with Gasteiger partial charge in [-0.2, -0.15) is 4.98 Å². The van der Waals surface area contributed by atoms with Crippen molar-refractivity contribution in [3.05, 3.63) is 41.5 Å². The summed E-state index contributed by atoms with van der Waals surface area (Å²) >= 11 is 0. The lowest BCUT2D eigenvalue weighted by atomic mass is 9.98. The first-order chi connectivity index (χ1) is 12.5. The number of nitrogens with one attached hydrogen (secondary N) is 1. The lowest BCUT2D eigenvalue weighted by Crippen LogP contribution is -2.47. The molecule has 1 saturated heterocycles. The number of aromatic nitrogens is 2. The Morgan fingerprint density at radius 1 is 1.42 bits per heavy atom. The van der Waals surface area contributed by atoms with Crippen LogP contribution in [0.15, 0.2) is 28.8 Å². The standard InChI is InChI=1S/C19H26N4O3/c1-13(5-6-15-7-9-17(24)10-8-15)20-19(25)23-11-3-4-16(12-23)18-21-14(2)22-26-18/h7-10,13,16,24H,3-6,11-12H2,1-2H3,(H,20,25)/t13-,16+/m0/s1. The molecule has 1 aromatic carbocycles. The van der Waals surface area contributed by atoms with E-state index in [1.54, 1.807) is 19.1 Å². The Morgan fingerprint density at radius 2 is 2.19 bits per heavy atom. The average molecular weight is 358 g/mol. The Bertz CT molecular complexity index is 729. The minimum absolute atomic E-state index is 0.0378. The van der Waals surface area contributed by atoms with Crippen molar-refractivity contribution in [3.8, 4) is 5.75 Å². The van der Waals surface area contributed by atoms with Crippen molar-refractivity contribution in [2.45, 2.75) is 51.5 Å². The van der Waals surface area contributed by atoms with Gasteiger partial charge in [0.2, 0.25) is 5.89 Å². The highest BCUT2D eigenvalue weighted by Crippen LogP contribution is 2.25. The van der Waals surface area contributed by atoms with Crippen LogP contribution >= 0.6 is 0 Å². The van der Waals surface area contributed by atoms with Crippen LogP contribution in [-0.4, -0.2) is 45.3 Å². The van der Waals surface area contributed by atoms with E-state index >= 15 is 0 Å². The minimum Gasteiger partial charge on any atom is -0.508 e. The number of phenolic OH excluding ortho intramolecular Hbond substituents is 1. The Kier molecular flexibility index (Phi) is 5.75. The Hall–Kier alpha value is -2.57. The highest BCUT2D eigenvalue weighted by molar-refractivity contribution is 5.74. The first-order valence-corrected chi connectivity index (χ1v) is 9.15. The van der Waals surface area contributed by atoms with E-state index in [0.29, 0.717) is 18.3 Å². The number of amides is 2. The van der Waals surface area contributed by atoms with Gasteiger partial charge in [0, 0.05) is 19.1 Å². The van der Waals surface area contributed by atoms with Crippen LogP contribution in [0.1, 0.15) is 49.4 Å². The van der Waals surface area contributed by atoms with E-state index in [1.807, 2.05) is 24.0 Å². The number of nitrogens with zero attached hydrogens (tertiary/aromatic N) is 3. The number of hydrogen-bond donors (Lipinski definition) is 2. The van der Waals surface area contributed by atoms with Gasteiger partial charge < -0.3 is 19.8 Å². The van der Waals surface area contributed by atoms with Crippen LogP contribution in [0.25, 0.3) is 0 Å². The van der Waals surface area contributed by atoms with Gasteiger partial charge in [0.1, 0.15) is 5.75 Å². The van der Waals surface area contributed by atoms with Crippen molar-refractivity contribution in [1.29, 1.82) is 0 Å². The lowest BCUT2D eigenvalue weighted by molar-refractivity contribution is 0.169. The summed E-state index contributed by atoms with van der Waals surface area (Å²) in [4.78, 5) is 18.7. The van der Waals surface area contributed by atoms with Gasteiger partial charge in [-0.3, -0.25) is 0 Å². The van der Waals surface area contributed by atoms with Gasteiger partial charge in [-0.1, -0.05) is 17.3 Å². The van der Waals surface area contributed by atoms with Crippen molar-refractivity contribution in [1.82, 2.24) is 20.4 Å². The number of piperidine rings is 1. The van der Waals surface area contributed by atoms with Crippen LogP contribution in [0.5, 0.6) is 5.75 Å². The number of hydrogen-bond acceptors (Lipinski definition) is 5. The molecule has 140 valence electrons. The molecule has 1 aliphatic heterocycles. The zero-order valence-corrected chi connectivity index (χ0v) is 15.3. The molecule has 7 heteroatoms. The first kappa shape index (κ1) is 18.2. The summed E-state index contributed by atoms with van der Waals surface area (Å²) in [5.74, 6) is 1.64. The van der Waals surface area contributed by atoms with E-state index in [4.69, 9.17) is 4.52 Å². The lowest BCUT2D eigenvalue weighted by Gasteiger charge is -2.32. The minimum atomic E-state index is -0.0378. The molecule has 1 aliphatic rings. The summed E-state index contributed by atoms with van der Waals surface area (Å²) in [5, 5.41) is 16.3. The summed E-state index contributed by atoms with van der Waals surface area (Å²) < 4.78 is 5.27. The molecule has 2 aromatic rings. The summed E-state index contributed by atoms with van der Waals surface area (Å²) in [5.41, 5.74) is 1.15. The molecule has 1 fully saturated rings. The Morgan fingerprint density at radius 3 is 2.88 bits per heavy atom. The highest BCUT2D eigenvalue weighted by atomic mass is 16.5. The first-order valence-electron chi connectivity index (χ1n) is 9.15. The third kappa shape index (κ3) is 4.74. The van der Waals surface area contributed by atoms with Crippen molar-refractivity contribution in [2.24, 2.45) is 0 Å². The number of rotatable bonds is 5. The Balaban J connectivity index is 1.48. The molecule has 0 spiro atoms. The number of aryl methyl sites for hydroxylation is 2. The van der Waals surface area contributed by atoms with Gasteiger partial charge in [0.15, 0.2) is 5.82 Å². The van der Waals surface area contributed by atoms with Crippen LogP contribution in [0, 0.1) is 6.92 Å². The van der Waals surface area contributed by atoms with Crippen molar-refractivity contribution in [2.75, 3.05) is 13.1 Å². The zero-order chi connectivity index (χ0) is 18.5. The summed E-state index contributed by atoms with van der Waals surface area (Å²) in [6.07, 6.45) is 3.59. The number of urea groups is 1. The predicted molar refractivity (Wildman–Crippen MR) is 97.0 cm³/mol. The van der Waals surface area contributed by atoms with Crippen LogP contribution in [0.2, 0.25) is 0 Å². The molecule has 0 radical (unpaired) electrons. The second-order valence-electron chi connectivity index (χ2n) is 7.02. The van der Waals surface area contributed by atoms with E-state index in [1.165, 1.54) is 0 Å². The van der Waals surface area contributed by atoms with Crippen molar-refractivity contribution in [3.63, 3.8) is 0 Å². The predicted octanol–water partition coefficient (Wildman–Crippen LogP) is 2.99. The molecular formula is C19H26N4O3. The molecule has 26 heavy (non-hydrogen) atoms. The smallest absolute Gasteiger partial charge is 0.317 e. The van der Waals surface area contributed by atoms with E-state index in [2.05, 4.69) is 15.5 Å². The molecular weight excluding hydrogens is 332 g/mol.